The molecule has 6 nitrogen and oxygen atoms in total. The summed E-state index contributed by atoms with van der Waals surface area (Å²) in [5, 5.41) is 7.72. The van der Waals surface area contributed by atoms with E-state index in [1.165, 1.54) is 0 Å². The molecule has 4 rings (SSSR count). The topological polar surface area (TPSA) is 72.7 Å². The highest BCUT2D eigenvalue weighted by molar-refractivity contribution is 6.11. The van der Waals surface area contributed by atoms with Gasteiger partial charge in [-0.3, -0.25) is 14.8 Å². The van der Waals surface area contributed by atoms with E-state index in [1.54, 1.807) is 23.1 Å². The first-order valence-corrected chi connectivity index (χ1v) is 8.84. The van der Waals surface area contributed by atoms with Crippen LogP contribution in [0.5, 0.6) is 0 Å². The lowest BCUT2D eigenvalue weighted by atomic mass is 10.1. The van der Waals surface area contributed by atoms with Crippen LogP contribution in [0.3, 0.4) is 0 Å². The van der Waals surface area contributed by atoms with Crippen LogP contribution in [0.4, 0.5) is 5.82 Å². The van der Waals surface area contributed by atoms with Gasteiger partial charge >= 0.3 is 0 Å². The number of nitrogens with one attached hydrogen (secondary N) is 1. The zero-order valence-corrected chi connectivity index (χ0v) is 15.2. The van der Waals surface area contributed by atoms with Crippen molar-refractivity contribution in [1.29, 1.82) is 0 Å². The molecule has 0 saturated heterocycles. The van der Waals surface area contributed by atoms with Gasteiger partial charge in [0.2, 0.25) is 0 Å². The van der Waals surface area contributed by atoms with E-state index in [0.717, 1.165) is 23.4 Å². The number of nitrogens with zero attached hydrogens (tertiary/aromatic N) is 4. The van der Waals surface area contributed by atoms with E-state index >= 15 is 0 Å². The number of fused-ring (bicyclic) bond motifs is 1. The van der Waals surface area contributed by atoms with Crippen molar-refractivity contribution in [2.24, 2.45) is 0 Å². The molecule has 2 heterocycles. The van der Waals surface area contributed by atoms with E-state index < -0.39 is 0 Å². The van der Waals surface area contributed by atoms with Crippen LogP contribution < -0.4 is 5.32 Å². The molecule has 0 bridgehead atoms. The predicted molar refractivity (Wildman–Crippen MR) is 105 cm³/mol. The smallest absolute Gasteiger partial charge is 0.259 e. The summed E-state index contributed by atoms with van der Waals surface area (Å²) in [5.74, 6) is 0.438. The van der Waals surface area contributed by atoms with Crippen LogP contribution in [0.1, 0.15) is 28.5 Å². The number of rotatable bonds is 4. The quantitative estimate of drug-likeness (QED) is 0.600. The maximum Gasteiger partial charge on any atom is 0.259 e. The summed E-state index contributed by atoms with van der Waals surface area (Å²) >= 11 is 0. The normalized spacial score (nSPS) is 10.9. The lowest BCUT2D eigenvalue weighted by molar-refractivity contribution is 0.102. The van der Waals surface area contributed by atoms with Crippen LogP contribution in [0, 0.1) is 6.92 Å². The number of hydrogen-bond donors (Lipinski definition) is 1. The van der Waals surface area contributed by atoms with Gasteiger partial charge in [-0.25, -0.2) is 4.68 Å². The van der Waals surface area contributed by atoms with Gasteiger partial charge in [0.25, 0.3) is 5.91 Å². The van der Waals surface area contributed by atoms with Gasteiger partial charge in [-0.05, 0) is 37.6 Å². The SMILES string of the molecule is CCc1nn(-c2ccccc2)c(NC(=O)c2cccc3nccnc23)c1C. The highest BCUT2D eigenvalue weighted by Gasteiger charge is 2.19. The van der Waals surface area contributed by atoms with Gasteiger partial charge in [-0.1, -0.05) is 31.2 Å². The zero-order chi connectivity index (χ0) is 18.8. The summed E-state index contributed by atoms with van der Waals surface area (Å²) in [7, 11) is 0. The van der Waals surface area contributed by atoms with Crippen LogP contribution in [-0.2, 0) is 6.42 Å². The molecule has 0 spiro atoms. The number of carbonyl (C=O) groups excluding carboxylic acids is 1. The van der Waals surface area contributed by atoms with Gasteiger partial charge in [0.05, 0.1) is 22.5 Å². The number of para-hydroxylation sites is 2. The summed E-state index contributed by atoms with van der Waals surface area (Å²) in [6.45, 7) is 4.03. The number of anilines is 1. The maximum atomic E-state index is 13.0. The largest absolute Gasteiger partial charge is 0.306 e. The van der Waals surface area contributed by atoms with Gasteiger partial charge in [0.1, 0.15) is 11.3 Å². The Morgan fingerprint density at radius 2 is 1.81 bits per heavy atom. The Morgan fingerprint density at radius 1 is 1.04 bits per heavy atom. The molecule has 27 heavy (non-hydrogen) atoms. The van der Waals surface area contributed by atoms with Crippen LogP contribution in [0.15, 0.2) is 60.9 Å². The molecule has 134 valence electrons. The van der Waals surface area contributed by atoms with Crippen molar-refractivity contribution in [1.82, 2.24) is 19.7 Å². The maximum absolute atomic E-state index is 13.0. The standard InChI is InChI=1S/C21H19N5O/c1-3-17-14(2)20(26(25-17)15-8-5-4-6-9-15)24-21(27)16-10-7-11-18-19(16)23-13-12-22-18/h4-13H,3H2,1-2H3,(H,24,27). The molecule has 2 aromatic heterocycles. The molecule has 0 unspecified atom stereocenters. The van der Waals surface area contributed by atoms with Crippen molar-refractivity contribution in [3.8, 4) is 5.69 Å². The Kier molecular flexibility index (Phi) is 4.38. The van der Waals surface area contributed by atoms with Gasteiger partial charge in [0, 0.05) is 18.0 Å². The summed E-state index contributed by atoms with van der Waals surface area (Å²) in [5.41, 5.74) is 4.56. The van der Waals surface area contributed by atoms with Crippen LogP contribution in [0.25, 0.3) is 16.7 Å². The molecule has 0 fully saturated rings. The lowest BCUT2D eigenvalue weighted by Crippen LogP contribution is -2.16. The molecule has 0 aliphatic carbocycles. The summed E-state index contributed by atoms with van der Waals surface area (Å²) in [6, 6.07) is 15.2. The van der Waals surface area contributed by atoms with Crippen molar-refractivity contribution in [2.45, 2.75) is 20.3 Å². The third-order valence-corrected chi connectivity index (χ3v) is 4.53. The molecule has 0 radical (unpaired) electrons. The van der Waals surface area contributed by atoms with E-state index in [0.29, 0.717) is 22.4 Å². The lowest BCUT2D eigenvalue weighted by Gasteiger charge is -2.11. The third-order valence-electron chi connectivity index (χ3n) is 4.53. The van der Waals surface area contributed by atoms with Crippen LogP contribution >= 0.6 is 0 Å². The molecular weight excluding hydrogens is 338 g/mol. The minimum absolute atomic E-state index is 0.232. The van der Waals surface area contributed by atoms with Crippen LogP contribution in [-0.4, -0.2) is 25.7 Å². The second-order valence-electron chi connectivity index (χ2n) is 6.20. The molecule has 1 N–H and O–H groups in total. The summed E-state index contributed by atoms with van der Waals surface area (Å²) in [6.07, 6.45) is 3.99. The second kappa shape index (κ2) is 6.99. The fourth-order valence-electron chi connectivity index (χ4n) is 3.13. The van der Waals surface area contributed by atoms with Crippen molar-refractivity contribution in [3.05, 3.63) is 77.7 Å². The summed E-state index contributed by atoms with van der Waals surface area (Å²) in [4.78, 5) is 21.6. The number of amides is 1. The zero-order valence-electron chi connectivity index (χ0n) is 15.2. The third kappa shape index (κ3) is 3.06. The fraction of sp³-hybridized carbons (Fsp3) is 0.143. The Hall–Kier alpha value is -3.54. The number of carbonyl (C=O) groups is 1. The molecular formula is C21H19N5O. The van der Waals surface area contributed by atoms with E-state index in [2.05, 4.69) is 27.3 Å². The highest BCUT2D eigenvalue weighted by atomic mass is 16.1. The Labute approximate surface area is 156 Å². The Morgan fingerprint density at radius 3 is 2.59 bits per heavy atom. The Bertz CT molecular complexity index is 1110. The molecule has 0 aliphatic heterocycles. The first-order chi connectivity index (χ1) is 13.2. The minimum atomic E-state index is -0.232. The second-order valence-corrected chi connectivity index (χ2v) is 6.20. The van der Waals surface area contributed by atoms with E-state index in [9.17, 15) is 4.79 Å². The highest BCUT2D eigenvalue weighted by Crippen LogP contribution is 2.25. The monoisotopic (exact) mass is 357 g/mol. The van der Waals surface area contributed by atoms with Crippen molar-refractivity contribution in [3.63, 3.8) is 0 Å². The van der Waals surface area contributed by atoms with Gasteiger partial charge in [-0.2, -0.15) is 5.10 Å². The molecule has 4 aromatic rings. The molecule has 0 aliphatic rings. The fourth-order valence-corrected chi connectivity index (χ4v) is 3.13. The number of benzene rings is 2. The van der Waals surface area contributed by atoms with Crippen molar-refractivity contribution < 1.29 is 4.79 Å². The average Bonchev–Trinajstić information content (AvgIpc) is 3.03. The first-order valence-electron chi connectivity index (χ1n) is 8.84. The molecule has 0 saturated carbocycles. The summed E-state index contributed by atoms with van der Waals surface area (Å²) < 4.78 is 1.78. The van der Waals surface area contributed by atoms with Gasteiger partial charge in [0.15, 0.2) is 0 Å². The number of aryl methyl sites for hydroxylation is 1. The van der Waals surface area contributed by atoms with E-state index in [4.69, 9.17) is 0 Å². The number of aromatic nitrogens is 4. The molecule has 0 atom stereocenters. The Balaban J connectivity index is 1.78. The molecule has 6 heteroatoms. The van der Waals surface area contributed by atoms with Crippen LogP contribution in [0.2, 0.25) is 0 Å². The minimum Gasteiger partial charge on any atom is -0.306 e. The van der Waals surface area contributed by atoms with Gasteiger partial charge in [-0.15, -0.1) is 0 Å². The number of hydrogen-bond acceptors (Lipinski definition) is 4. The van der Waals surface area contributed by atoms with Crippen molar-refractivity contribution >= 4 is 22.8 Å². The van der Waals surface area contributed by atoms with Crippen molar-refractivity contribution in [2.75, 3.05) is 5.32 Å². The predicted octanol–water partition coefficient (Wildman–Crippen LogP) is 3.94. The first kappa shape index (κ1) is 16.9. The molecule has 1 amide bonds. The van der Waals surface area contributed by atoms with E-state index in [1.807, 2.05) is 49.4 Å². The van der Waals surface area contributed by atoms with Gasteiger partial charge < -0.3 is 5.32 Å². The average molecular weight is 357 g/mol. The van der Waals surface area contributed by atoms with E-state index in [-0.39, 0.29) is 5.91 Å². The molecule has 2 aromatic carbocycles.